The number of benzene rings is 5. The number of rotatable bonds is 3. The zero-order chi connectivity index (χ0) is 19.9. The van der Waals surface area contributed by atoms with Gasteiger partial charge in [0, 0.05) is 17.3 Å². The van der Waals surface area contributed by atoms with E-state index < -0.39 is 0 Å². The van der Waals surface area contributed by atoms with E-state index in [9.17, 15) is 0 Å². The Hall–Kier alpha value is -3.84. The molecule has 0 bridgehead atoms. The Kier molecular flexibility index (Phi) is 3.92. The van der Waals surface area contributed by atoms with Gasteiger partial charge in [0.1, 0.15) is 0 Å². The molecule has 0 fully saturated rings. The fourth-order valence-corrected chi connectivity index (χ4v) is 4.78. The third-order valence-electron chi connectivity index (χ3n) is 6.12. The first-order valence-electron chi connectivity index (χ1n) is 10.4. The molecule has 1 nitrogen and oxygen atoms in total. The molecule has 0 spiro atoms. The Morgan fingerprint density at radius 1 is 0.533 bits per heavy atom. The molecule has 1 N–H and O–H groups in total. The fourth-order valence-electron chi connectivity index (χ4n) is 4.78. The van der Waals surface area contributed by atoms with Gasteiger partial charge in [0.15, 0.2) is 0 Å². The first-order valence-corrected chi connectivity index (χ1v) is 10.4. The van der Waals surface area contributed by atoms with Crippen LogP contribution in [0.3, 0.4) is 0 Å². The molecule has 0 saturated heterocycles. The van der Waals surface area contributed by atoms with Gasteiger partial charge in [0.05, 0.1) is 0 Å². The predicted octanol–water partition coefficient (Wildman–Crippen LogP) is 7.74. The highest BCUT2D eigenvalue weighted by molar-refractivity contribution is 5.89. The summed E-state index contributed by atoms with van der Waals surface area (Å²) in [6, 6.07) is 41.3. The van der Waals surface area contributed by atoms with Crippen LogP contribution in [0.5, 0.6) is 0 Å². The van der Waals surface area contributed by atoms with E-state index in [1.54, 1.807) is 0 Å². The van der Waals surface area contributed by atoms with Gasteiger partial charge < -0.3 is 5.32 Å². The topological polar surface area (TPSA) is 12.0 Å². The lowest BCUT2D eigenvalue weighted by molar-refractivity contribution is 1.02. The first-order chi connectivity index (χ1) is 14.9. The average Bonchev–Trinajstić information content (AvgIpc) is 3.15. The standard InChI is InChI=1S/C29H21N/c1-2-10-21(11-3-1)28-25-14-7-6-13-24(25)26-15-8-16-27(29(26)28)30-23-18-17-20-9-4-5-12-22(20)19-23/h1-19,28,30H. The molecule has 0 radical (unpaired) electrons. The van der Waals surface area contributed by atoms with Crippen LogP contribution in [0.4, 0.5) is 11.4 Å². The molecule has 1 heteroatoms. The highest BCUT2D eigenvalue weighted by atomic mass is 14.9. The van der Waals surface area contributed by atoms with Gasteiger partial charge in [0.2, 0.25) is 0 Å². The van der Waals surface area contributed by atoms with Crippen LogP contribution in [-0.4, -0.2) is 0 Å². The van der Waals surface area contributed by atoms with Gasteiger partial charge in [-0.15, -0.1) is 0 Å². The monoisotopic (exact) mass is 383 g/mol. The number of nitrogens with one attached hydrogen (secondary N) is 1. The van der Waals surface area contributed by atoms with Crippen LogP contribution >= 0.6 is 0 Å². The summed E-state index contributed by atoms with van der Waals surface area (Å²) in [5.74, 6) is 0.238. The lowest BCUT2D eigenvalue weighted by Gasteiger charge is -2.19. The second kappa shape index (κ2) is 6.89. The Morgan fingerprint density at radius 3 is 2.17 bits per heavy atom. The molecule has 0 aromatic heterocycles. The minimum Gasteiger partial charge on any atom is -0.355 e. The van der Waals surface area contributed by atoms with Gasteiger partial charge in [-0.25, -0.2) is 0 Å². The molecule has 30 heavy (non-hydrogen) atoms. The van der Waals surface area contributed by atoms with Crippen LogP contribution in [0.2, 0.25) is 0 Å². The van der Waals surface area contributed by atoms with Gasteiger partial charge >= 0.3 is 0 Å². The lowest BCUT2D eigenvalue weighted by Crippen LogP contribution is -2.03. The van der Waals surface area contributed by atoms with Gasteiger partial charge in [0.25, 0.3) is 0 Å². The molecule has 0 heterocycles. The van der Waals surface area contributed by atoms with E-state index in [1.807, 2.05) is 0 Å². The molecule has 6 rings (SSSR count). The van der Waals surface area contributed by atoms with E-state index in [2.05, 4.69) is 121 Å². The molecular weight excluding hydrogens is 362 g/mol. The second-order valence-electron chi connectivity index (χ2n) is 7.88. The van der Waals surface area contributed by atoms with Crippen LogP contribution in [0.1, 0.15) is 22.6 Å². The number of anilines is 2. The lowest BCUT2D eigenvalue weighted by atomic mass is 9.88. The molecule has 5 aromatic rings. The molecule has 142 valence electrons. The molecule has 1 aliphatic carbocycles. The molecule has 1 unspecified atom stereocenters. The number of hydrogen-bond donors (Lipinski definition) is 1. The van der Waals surface area contributed by atoms with Gasteiger partial charge in [-0.3, -0.25) is 0 Å². The third kappa shape index (κ3) is 2.71. The van der Waals surface area contributed by atoms with E-state index in [0.29, 0.717) is 0 Å². The fraction of sp³-hybridized carbons (Fsp3) is 0.0345. The van der Waals surface area contributed by atoms with Crippen LogP contribution in [0.15, 0.2) is 115 Å². The Morgan fingerprint density at radius 2 is 1.27 bits per heavy atom. The summed E-state index contributed by atoms with van der Waals surface area (Å²) in [7, 11) is 0. The summed E-state index contributed by atoms with van der Waals surface area (Å²) in [5, 5.41) is 6.24. The molecule has 0 saturated carbocycles. The van der Waals surface area contributed by atoms with Crippen molar-refractivity contribution in [3.8, 4) is 11.1 Å². The van der Waals surface area contributed by atoms with Crippen molar-refractivity contribution in [1.29, 1.82) is 0 Å². The number of fused-ring (bicyclic) bond motifs is 4. The molecule has 1 aliphatic rings. The van der Waals surface area contributed by atoms with Crippen molar-refractivity contribution in [2.75, 3.05) is 5.32 Å². The van der Waals surface area contributed by atoms with Crippen molar-refractivity contribution in [2.24, 2.45) is 0 Å². The van der Waals surface area contributed by atoms with Crippen LogP contribution in [-0.2, 0) is 0 Å². The predicted molar refractivity (Wildman–Crippen MR) is 126 cm³/mol. The van der Waals surface area contributed by atoms with Crippen molar-refractivity contribution in [1.82, 2.24) is 0 Å². The summed E-state index contributed by atoms with van der Waals surface area (Å²) in [4.78, 5) is 0. The minimum atomic E-state index is 0.238. The summed E-state index contributed by atoms with van der Waals surface area (Å²) in [5.41, 5.74) is 9.02. The number of hydrogen-bond acceptors (Lipinski definition) is 1. The molecule has 0 aliphatic heterocycles. The zero-order valence-corrected chi connectivity index (χ0v) is 16.5. The van der Waals surface area contributed by atoms with E-state index >= 15 is 0 Å². The summed E-state index contributed by atoms with van der Waals surface area (Å²) < 4.78 is 0. The smallest absolute Gasteiger partial charge is 0.0432 e. The Bertz CT molecular complexity index is 1370. The van der Waals surface area contributed by atoms with Crippen molar-refractivity contribution < 1.29 is 0 Å². The van der Waals surface area contributed by atoms with Crippen molar-refractivity contribution in [3.05, 3.63) is 132 Å². The maximum atomic E-state index is 3.73. The van der Waals surface area contributed by atoms with Crippen LogP contribution in [0, 0.1) is 0 Å². The molecular formula is C29H21N. The van der Waals surface area contributed by atoms with Crippen LogP contribution < -0.4 is 5.32 Å². The van der Waals surface area contributed by atoms with Crippen molar-refractivity contribution in [2.45, 2.75) is 5.92 Å². The highest BCUT2D eigenvalue weighted by Gasteiger charge is 2.31. The van der Waals surface area contributed by atoms with Crippen molar-refractivity contribution in [3.63, 3.8) is 0 Å². The largest absolute Gasteiger partial charge is 0.355 e. The quantitative estimate of drug-likeness (QED) is 0.329. The summed E-state index contributed by atoms with van der Waals surface area (Å²) in [6.07, 6.45) is 0. The molecule has 1 atom stereocenters. The van der Waals surface area contributed by atoms with Gasteiger partial charge in [-0.2, -0.15) is 0 Å². The zero-order valence-electron chi connectivity index (χ0n) is 16.5. The van der Waals surface area contributed by atoms with E-state index in [4.69, 9.17) is 0 Å². The minimum absolute atomic E-state index is 0.238. The second-order valence-corrected chi connectivity index (χ2v) is 7.88. The maximum Gasteiger partial charge on any atom is 0.0432 e. The average molecular weight is 383 g/mol. The Labute approximate surface area is 176 Å². The van der Waals surface area contributed by atoms with Gasteiger partial charge in [-0.1, -0.05) is 97.1 Å². The SMILES string of the molecule is c1ccc(C2c3ccccc3-c3cccc(Nc4ccc5ccccc5c4)c32)cc1. The van der Waals surface area contributed by atoms with Crippen LogP contribution in [0.25, 0.3) is 21.9 Å². The van der Waals surface area contributed by atoms with Gasteiger partial charge in [-0.05, 0) is 56.8 Å². The summed E-state index contributed by atoms with van der Waals surface area (Å²) >= 11 is 0. The summed E-state index contributed by atoms with van der Waals surface area (Å²) in [6.45, 7) is 0. The van der Waals surface area contributed by atoms with E-state index in [1.165, 1.54) is 44.3 Å². The first kappa shape index (κ1) is 17.1. The highest BCUT2D eigenvalue weighted by Crippen LogP contribution is 2.51. The van der Waals surface area contributed by atoms with Crippen molar-refractivity contribution >= 4 is 22.1 Å². The van der Waals surface area contributed by atoms with E-state index in [0.717, 1.165) is 5.69 Å². The van der Waals surface area contributed by atoms with E-state index in [-0.39, 0.29) is 5.92 Å². The molecule has 0 amide bonds. The maximum absolute atomic E-state index is 3.73. The molecule has 5 aromatic carbocycles. The third-order valence-corrected chi connectivity index (χ3v) is 6.12. The normalized spacial score (nSPS) is 14.3. The Balaban J connectivity index is 1.51.